The largest absolute Gasteiger partial charge is 0.442 e. The molecule has 0 aliphatic heterocycles. The first-order valence-corrected chi connectivity index (χ1v) is 9.29. The molecule has 0 saturated carbocycles. The maximum atomic E-state index is 10.7. The second-order valence-corrected chi connectivity index (χ2v) is 7.88. The lowest BCUT2D eigenvalue weighted by Crippen LogP contribution is -2.12. The predicted molar refractivity (Wildman–Crippen MR) is 102 cm³/mol. The van der Waals surface area contributed by atoms with Gasteiger partial charge in [-0.3, -0.25) is 0 Å². The Bertz CT molecular complexity index is 1080. The van der Waals surface area contributed by atoms with E-state index in [-0.39, 0.29) is 6.61 Å². The molecule has 4 nitrogen and oxygen atoms in total. The van der Waals surface area contributed by atoms with Gasteiger partial charge in [-0.25, -0.2) is 9.78 Å². The van der Waals surface area contributed by atoms with Crippen molar-refractivity contribution >= 4 is 50.7 Å². The van der Waals surface area contributed by atoms with Crippen molar-refractivity contribution in [3.8, 4) is 0 Å². The first-order chi connectivity index (χ1) is 12.2. The minimum atomic E-state index is -0.787. The normalized spacial score (nSPS) is 11.0. The van der Waals surface area contributed by atoms with E-state index >= 15 is 0 Å². The number of carbonyl (C=O) groups excluding carboxylic acids is 1. The van der Waals surface area contributed by atoms with Crippen LogP contribution in [-0.4, -0.2) is 11.1 Å². The first-order valence-electron chi connectivity index (χ1n) is 7.66. The summed E-state index contributed by atoms with van der Waals surface area (Å²) in [7, 11) is 0. The number of amides is 1. The highest BCUT2D eigenvalue weighted by Gasteiger charge is 2.10. The van der Waals surface area contributed by atoms with Gasteiger partial charge in [-0.15, -0.1) is 11.3 Å². The number of benzene rings is 3. The highest BCUT2D eigenvalue weighted by molar-refractivity contribution is 8.01. The highest BCUT2D eigenvalue weighted by Crippen LogP contribution is 2.39. The fourth-order valence-corrected chi connectivity index (χ4v) is 4.83. The van der Waals surface area contributed by atoms with Gasteiger partial charge < -0.3 is 10.5 Å². The first kappa shape index (κ1) is 15.9. The molecule has 4 rings (SSSR count). The molecule has 3 aromatic carbocycles. The summed E-state index contributed by atoms with van der Waals surface area (Å²) in [4.78, 5) is 16.2. The molecule has 6 heteroatoms. The number of fused-ring (bicyclic) bond motifs is 3. The van der Waals surface area contributed by atoms with Gasteiger partial charge in [0.05, 0.1) is 10.4 Å². The number of aromatic nitrogens is 1. The summed E-state index contributed by atoms with van der Waals surface area (Å²) >= 11 is 3.17. The third kappa shape index (κ3) is 3.31. The van der Waals surface area contributed by atoms with Crippen LogP contribution in [0.4, 0.5) is 4.79 Å². The quantitative estimate of drug-likeness (QED) is 0.504. The van der Waals surface area contributed by atoms with Crippen molar-refractivity contribution in [2.75, 3.05) is 0 Å². The molecule has 2 N–H and O–H groups in total. The lowest BCUT2D eigenvalue weighted by molar-refractivity contribution is 0.150. The Labute approximate surface area is 152 Å². The molecule has 0 spiro atoms. The van der Waals surface area contributed by atoms with Crippen molar-refractivity contribution in [2.45, 2.75) is 15.7 Å². The topological polar surface area (TPSA) is 65.2 Å². The molecule has 0 saturated heterocycles. The summed E-state index contributed by atoms with van der Waals surface area (Å²) in [5.74, 6) is 0. The Kier molecular flexibility index (Phi) is 4.29. The van der Waals surface area contributed by atoms with E-state index in [1.807, 2.05) is 0 Å². The molecule has 0 unspecified atom stereocenters. The predicted octanol–water partition coefficient (Wildman–Crippen LogP) is 5.20. The van der Waals surface area contributed by atoms with Crippen LogP contribution in [0.3, 0.4) is 0 Å². The van der Waals surface area contributed by atoms with Crippen LogP contribution in [0.2, 0.25) is 0 Å². The smallest absolute Gasteiger partial charge is 0.404 e. The van der Waals surface area contributed by atoms with Gasteiger partial charge in [-0.1, -0.05) is 60.3 Å². The van der Waals surface area contributed by atoms with Gasteiger partial charge in [0.25, 0.3) is 0 Å². The van der Waals surface area contributed by atoms with E-state index in [0.717, 1.165) is 9.22 Å². The summed E-state index contributed by atoms with van der Waals surface area (Å²) < 4.78 is 5.84. The number of carbonyl (C=O) groups is 1. The third-order valence-electron chi connectivity index (χ3n) is 3.81. The maximum Gasteiger partial charge on any atom is 0.404 e. The summed E-state index contributed by atoms with van der Waals surface area (Å²) in [6.45, 7) is 0.110. The van der Waals surface area contributed by atoms with Crippen molar-refractivity contribution in [3.05, 3.63) is 65.8 Å². The van der Waals surface area contributed by atoms with Crippen LogP contribution >= 0.6 is 23.1 Å². The molecule has 0 fully saturated rings. The molecule has 1 heterocycles. The molecule has 25 heavy (non-hydrogen) atoms. The molecular weight excluding hydrogens is 352 g/mol. The van der Waals surface area contributed by atoms with Crippen LogP contribution in [0.1, 0.15) is 5.01 Å². The summed E-state index contributed by atoms with van der Waals surface area (Å²) in [5, 5.41) is 5.65. The summed E-state index contributed by atoms with van der Waals surface area (Å²) in [6.07, 6.45) is 1.02. The number of thiazole rings is 1. The number of hydrogen-bond acceptors (Lipinski definition) is 5. The van der Waals surface area contributed by atoms with E-state index in [2.05, 4.69) is 59.6 Å². The summed E-state index contributed by atoms with van der Waals surface area (Å²) in [5.41, 5.74) is 5.00. The van der Waals surface area contributed by atoms with Crippen LogP contribution < -0.4 is 5.73 Å². The molecular formula is C19H14N2O2S2. The van der Waals surface area contributed by atoms with E-state index in [1.165, 1.54) is 37.8 Å². The van der Waals surface area contributed by atoms with Gasteiger partial charge in [-0.05, 0) is 27.6 Å². The Morgan fingerprint density at radius 1 is 1.08 bits per heavy atom. The maximum absolute atomic E-state index is 10.7. The number of ether oxygens (including phenoxy) is 1. The molecule has 4 aromatic rings. The standard InChI is InChI=1S/C19H14N2O2S2/c20-19(22)23-11-17-21-10-18(25-17)24-16-9-12-5-1-2-6-13(12)14-7-3-4-8-15(14)16/h1-10H,11H2,(H2,20,22). The zero-order chi connectivity index (χ0) is 17.2. The van der Waals surface area contributed by atoms with Crippen molar-refractivity contribution in [1.29, 1.82) is 0 Å². The van der Waals surface area contributed by atoms with Crippen molar-refractivity contribution < 1.29 is 9.53 Å². The number of rotatable bonds is 4. The van der Waals surface area contributed by atoms with Gasteiger partial charge >= 0.3 is 6.09 Å². The minimum absolute atomic E-state index is 0.110. The zero-order valence-electron chi connectivity index (χ0n) is 13.1. The molecule has 0 bridgehead atoms. The van der Waals surface area contributed by atoms with E-state index in [1.54, 1.807) is 18.0 Å². The molecule has 1 aromatic heterocycles. The van der Waals surface area contributed by atoms with Gasteiger partial charge in [0.1, 0.15) is 11.6 Å². The van der Waals surface area contributed by atoms with Crippen LogP contribution in [0, 0.1) is 0 Å². The summed E-state index contributed by atoms with van der Waals surface area (Å²) in [6, 6.07) is 19.0. The molecule has 124 valence electrons. The lowest BCUT2D eigenvalue weighted by atomic mass is 10.0. The van der Waals surface area contributed by atoms with E-state index in [4.69, 9.17) is 10.5 Å². The highest BCUT2D eigenvalue weighted by atomic mass is 32.2. The van der Waals surface area contributed by atoms with Gasteiger partial charge in [-0.2, -0.15) is 0 Å². The van der Waals surface area contributed by atoms with E-state index in [9.17, 15) is 4.79 Å². The van der Waals surface area contributed by atoms with E-state index < -0.39 is 6.09 Å². The molecule has 0 atom stereocenters. The third-order valence-corrected chi connectivity index (χ3v) is 5.94. The Balaban J connectivity index is 1.72. The van der Waals surface area contributed by atoms with Crippen molar-refractivity contribution in [3.63, 3.8) is 0 Å². The number of primary amides is 1. The fourth-order valence-electron chi connectivity index (χ4n) is 2.75. The monoisotopic (exact) mass is 366 g/mol. The Morgan fingerprint density at radius 3 is 2.60 bits per heavy atom. The van der Waals surface area contributed by atoms with Crippen LogP contribution in [0.5, 0.6) is 0 Å². The number of nitrogens with zero attached hydrogens (tertiary/aromatic N) is 1. The second kappa shape index (κ2) is 6.74. The van der Waals surface area contributed by atoms with Gasteiger partial charge in [0.2, 0.25) is 0 Å². The average Bonchev–Trinajstić information content (AvgIpc) is 3.08. The molecule has 0 aliphatic rings. The second-order valence-electron chi connectivity index (χ2n) is 5.42. The Hall–Kier alpha value is -2.57. The zero-order valence-corrected chi connectivity index (χ0v) is 14.8. The number of hydrogen-bond donors (Lipinski definition) is 1. The number of nitrogens with two attached hydrogens (primary N) is 1. The fraction of sp³-hybridized carbons (Fsp3) is 0.0526. The van der Waals surface area contributed by atoms with Crippen LogP contribution in [0.15, 0.2) is 69.9 Å². The van der Waals surface area contributed by atoms with Crippen molar-refractivity contribution in [2.24, 2.45) is 5.73 Å². The Morgan fingerprint density at radius 2 is 1.80 bits per heavy atom. The molecule has 0 radical (unpaired) electrons. The van der Waals surface area contributed by atoms with Crippen molar-refractivity contribution in [1.82, 2.24) is 4.98 Å². The SMILES string of the molecule is NC(=O)OCc1ncc(Sc2cc3ccccc3c3ccccc23)s1. The molecule has 0 aliphatic carbocycles. The van der Waals surface area contributed by atoms with E-state index in [0.29, 0.717) is 0 Å². The molecule has 1 amide bonds. The lowest BCUT2D eigenvalue weighted by Gasteiger charge is -2.09. The van der Waals surface area contributed by atoms with Gasteiger partial charge in [0.15, 0.2) is 0 Å². The minimum Gasteiger partial charge on any atom is -0.442 e. The van der Waals surface area contributed by atoms with Crippen LogP contribution in [0.25, 0.3) is 21.5 Å². The average molecular weight is 366 g/mol. The van der Waals surface area contributed by atoms with Gasteiger partial charge in [0, 0.05) is 4.90 Å². The van der Waals surface area contributed by atoms with Crippen LogP contribution in [-0.2, 0) is 11.3 Å².